The van der Waals surface area contributed by atoms with E-state index in [1.807, 2.05) is 4.90 Å². The first kappa shape index (κ1) is 13.4. The molecule has 0 N–H and O–H groups in total. The first-order chi connectivity index (χ1) is 9.65. The molecule has 1 atom stereocenters. The lowest BCUT2D eigenvalue weighted by Gasteiger charge is -2.37. The molecule has 3 nitrogen and oxygen atoms in total. The molecule has 108 valence electrons. The third kappa shape index (κ3) is 2.79. The van der Waals surface area contributed by atoms with Gasteiger partial charge in [0.2, 0.25) is 5.91 Å². The Labute approximate surface area is 119 Å². The molecule has 2 fully saturated rings. The van der Waals surface area contributed by atoms with Crippen LogP contribution in [0.1, 0.15) is 19.8 Å². The lowest BCUT2D eigenvalue weighted by atomic mass is 10.0. The molecule has 1 aromatic carbocycles. The zero-order valence-electron chi connectivity index (χ0n) is 11.9. The third-order valence-electron chi connectivity index (χ3n) is 4.50. The van der Waals surface area contributed by atoms with Crippen LogP contribution in [0.2, 0.25) is 0 Å². The molecule has 3 rings (SSSR count). The summed E-state index contributed by atoms with van der Waals surface area (Å²) in [7, 11) is 0. The molecule has 1 aliphatic heterocycles. The number of benzene rings is 1. The minimum absolute atomic E-state index is 0.187. The van der Waals surface area contributed by atoms with Gasteiger partial charge in [0.1, 0.15) is 5.82 Å². The highest BCUT2D eigenvalue weighted by Crippen LogP contribution is 2.37. The monoisotopic (exact) mass is 276 g/mol. The fraction of sp³-hybridized carbons (Fsp3) is 0.562. The molecule has 0 aromatic heterocycles. The molecular weight excluding hydrogens is 255 g/mol. The second-order valence-corrected chi connectivity index (χ2v) is 5.91. The molecule has 1 saturated heterocycles. The summed E-state index contributed by atoms with van der Waals surface area (Å²) in [5.74, 6) is 0.914. The van der Waals surface area contributed by atoms with Crippen molar-refractivity contribution in [2.24, 2.45) is 11.8 Å². The van der Waals surface area contributed by atoms with Crippen LogP contribution in [0.5, 0.6) is 0 Å². The number of piperazine rings is 1. The van der Waals surface area contributed by atoms with Gasteiger partial charge >= 0.3 is 0 Å². The van der Waals surface area contributed by atoms with Crippen LogP contribution in [0.15, 0.2) is 24.3 Å². The summed E-state index contributed by atoms with van der Waals surface area (Å²) in [6, 6.07) is 6.59. The van der Waals surface area contributed by atoms with Crippen LogP contribution >= 0.6 is 0 Å². The van der Waals surface area contributed by atoms with Gasteiger partial charge in [-0.25, -0.2) is 4.39 Å². The molecule has 2 aliphatic rings. The van der Waals surface area contributed by atoms with Gasteiger partial charge in [-0.2, -0.15) is 0 Å². The van der Waals surface area contributed by atoms with Gasteiger partial charge in [-0.1, -0.05) is 6.92 Å². The zero-order chi connectivity index (χ0) is 14.1. The lowest BCUT2D eigenvalue weighted by Crippen LogP contribution is -2.50. The first-order valence-electron chi connectivity index (χ1n) is 7.44. The fourth-order valence-corrected chi connectivity index (χ4v) is 2.92. The van der Waals surface area contributed by atoms with E-state index in [-0.39, 0.29) is 11.7 Å². The Morgan fingerprint density at radius 2 is 1.75 bits per heavy atom. The number of hydrogen-bond donors (Lipinski definition) is 0. The van der Waals surface area contributed by atoms with Gasteiger partial charge in [0.25, 0.3) is 0 Å². The van der Waals surface area contributed by atoms with Crippen LogP contribution in [-0.2, 0) is 4.79 Å². The average Bonchev–Trinajstić information content (AvgIpc) is 3.31. The number of hydrogen-bond acceptors (Lipinski definition) is 2. The number of rotatable bonds is 3. The van der Waals surface area contributed by atoms with E-state index in [1.165, 1.54) is 25.0 Å². The molecule has 20 heavy (non-hydrogen) atoms. The van der Waals surface area contributed by atoms with Crippen molar-refractivity contribution >= 4 is 11.6 Å². The molecular formula is C16H21FN2O. The Hall–Kier alpha value is -1.58. The minimum Gasteiger partial charge on any atom is -0.368 e. The summed E-state index contributed by atoms with van der Waals surface area (Å²) in [5, 5.41) is 0. The highest BCUT2D eigenvalue weighted by atomic mass is 19.1. The van der Waals surface area contributed by atoms with Gasteiger partial charge in [-0.15, -0.1) is 0 Å². The Balaban J connectivity index is 1.56. The maximum absolute atomic E-state index is 12.9. The maximum Gasteiger partial charge on any atom is 0.225 e. The molecule has 4 heteroatoms. The molecule has 1 unspecified atom stereocenters. The second-order valence-electron chi connectivity index (χ2n) is 5.91. The summed E-state index contributed by atoms with van der Waals surface area (Å²) >= 11 is 0. The Morgan fingerprint density at radius 3 is 2.30 bits per heavy atom. The molecule has 1 saturated carbocycles. The van der Waals surface area contributed by atoms with Gasteiger partial charge in [-0.05, 0) is 43.0 Å². The van der Waals surface area contributed by atoms with Crippen LogP contribution in [0, 0.1) is 17.7 Å². The quantitative estimate of drug-likeness (QED) is 0.847. The van der Waals surface area contributed by atoms with Gasteiger partial charge in [0.15, 0.2) is 0 Å². The summed E-state index contributed by atoms with van der Waals surface area (Å²) < 4.78 is 12.9. The van der Waals surface area contributed by atoms with Gasteiger partial charge in [-0.3, -0.25) is 4.79 Å². The SMILES string of the molecule is CC(C(=O)N1CCN(c2ccc(F)cc2)CC1)C1CC1. The van der Waals surface area contributed by atoms with Gasteiger partial charge < -0.3 is 9.80 Å². The van der Waals surface area contributed by atoms with E-state index >= 15 is 0 Å². The Kier molecular flexibility index (Phi) is 3.64. The number of nitrogens with zero attached hydrogens (tertiary/aromatic N) is 2. The van der Waals surface area contributed by atoms with Crippen LogP contribution < -0.4 is 4.90 Å². The van der Waals surface area contributed by atoms with Crippen molar-refractivity contribution in [1.29, 1.82) is 0 Å². The highest BCUT2D eigenvalue weighted by molar-refractivity contribution is 5.79. The van der Waals surface area contributed by atoms with Crippen molar-refractivity contribution in [2.45, 2.75) is 19.8 Å². The first-order valence-corrected chi connectivity index (χ1v) is 7.44. The zero-order valence-corrected chi connectivity index (χ0v) is 11.9. The normalized spacial score (nSPS) is 20.9. The molecule has 0 spiro atoms. The van der Waals surface area contributed by atoms with E-state index in [0.717, 1.165) is 31.9 Å². The summed E-state index contributed by atoms with van der Waals surface area (Å²) in [6.45, 7) is 5.26. The number of halogens is 1. The molecule has 1 aromatic rings. The molecule has 0 bridgehead atoms. The topological polar surface area (TPSA) is 23.6 Å². The standard InChI is InChI=1S/C16H21FN2O/c1-12(13-2-3-13)16(20)19-10-8-18(9-11-19)15-6-4-14(17)5-7-15/h4-7,12-13H,2-3,8-11H2,1H3. The van der Waals surface area contributed by atoms with Crippen molar-refractivity contribution in [3.63, 3.8) is 0 Å². The van der Waals surface area contributed by atoms with E-state index < -0.39 is 0 Å². The van der Waals surface area contributed by atoms with Gasteiger partial charge in [0, 0.05) is 37.8 Å². The van der Waals surface area contributed by atoms with Crippen molar-refractivity contribution < 1.29 is 9.18 Å². The van der Waals surface area contributed by atoms with E-state index in [0.29, 0.717) is 11.8 Å². The third-order valence-corrected chi connectivity index (χ3v) is 4.50. The van der Waals surface area contributed by atoms with Crippen molar-refractivity contribution in [3.05, 3.63) is 30.1 Å². The highest BCUT2D eigenvalue weighted by Gasteiger charge is 2.35. The molecule has 0 radical (unpaired) electrons. The second kappa shape index (κ2) is 5.43. The predicted octanol–water partition coefficient (Wildman–Crippen LogP) is 2.52. The lowest BCUT2D eigenvalue weighted by molar-refractivity contribution is -0.135. The van der Waals surface area contributed by atoms with Crippen LogP contribution in [0.25, 0.3) is 0 Å². The van der Waals surface area contributed by atoms with E-state index in [4.69, 9.17) is 0 Å². The molecule has 1 aliphatic carbocycles. The fourth-order valence-electron chi connectivity index (χ4n) is 2.92. The van der Waals surface area contributed by atoms with Crippen LogP contribution in [0.3, 0.4) is 0 Å². The Bertz CT molecular complexity index is 476. The largest absolute Gasteiger partial charge is 0.368 e. The van der Waals surface area contributed by atoms with Crippen molar-refractivity contribution in [2.75, 3.05) is 31.1 Å². The van der Waals surface area contributed by atoms with Crippen LogP contribution in [0.4, 0.5) is 10.1 Å². The van der Waals surface area contributed by atoms with Gasteiger partial charge in [0.05, 0.1) is 0 Å². The number of carbonyl (C=O) groups excluding carboxylic acids is 1. The molecule has 1 heterocycles. The molecule has 1 amide bonds. The van der Waals surface area contributed by atoms with E-state index in [2.05, 4.69) is 11.8 Å². The minimum atomic E-state index is -0.208. The number of amides is 1. The van der Waals surface area contributed by atoms with E-state index in [1.54, 1.807) is 12.1 Å². The van der Waals surface area contributed by atoms with E-state index in [9.17, 15) is 9.18 Å². The smallest absolute Gasteiger partial charge is 0.225 e. The summed E-state index contributed by atoms with van der Waals surface area (Å²) in [4.78, 5) is 16.5. The summed E-state index contributed by atoms with van der Waals surface area (Å²) in [6.07, 6.45) is 2.42. The van der Waals surface area contributed by atoms with Crippen LogP contribution in [-0.4, -0.2) is 37.0 Å². The summed E-state index contributed by atoms with van der Waals surface area (Å²) in [5.41, 5.74) is 1.04. The average molecular weight is 276 g/mol. The van der Waals surface area contributed by atoms with Crippen molar-refractivity contribution in [3.8, 4) is 0 Å². The maximum atomic E-state index is 12.9. The Morgan fingerprint density at radius 1 is 1.15 bits per heavy atom. The number of carbonyl (C=O) groups is 1. The number of anilines is 1. The van der Waals surface area contributed by atoms with Crippen molar-refractivity contribution in [1.82, 2.24) is 4.90 Å². The predicted molar refractivity (Wildman–Crippen MR) is 77.1 cm³/mol.